The maximum atomic E-state index is 13.8. The van der Waals surface area contributed by atoms with E-state index in [0.29, 0.717) is 16.9 Å². The third-order valence-electron chi connectivity index (χ3n) is 7.50. The molecule has 5 rings (SSSR count). The molecule has 0 aliphatic heterocycles. The summed E-state index contributed by atoms with van der Waals surface area (Å²) in [6.45, 7) is -2.06. The number of aromatic amines is 1. The van der Waals surface area contributed by atoms with Gasteiger partial charge in [-0.05, 0) is 42.3 Å². The van der Waals surface area contributed by atoms with Crippen molar-refractivity contribution in [1.29, 1.82) is 0 Å². The van der Waals surface area contributed by atoms with Crippen molar-refractivity contribution in [3.8, 4) is 28.7 Å². The molecule has 11 nitrogen and oxygen atoms in total. The van der Waals surface area contributed by atoms with E-state index in [4.69, 9.17) is 18.9 Å². The fraction of sp³-hybridized carbons (Fsp3) is 0.273. The normalized spacial score (nSPS) is 12.3. The van der Waals surface area contributed by atoms with Gasteiger partial charge in [-0.25, -0.2) is 8.42 Å². The van der Waals surface area contributed by atoms with Gasteiger partial charge in [0.1, 0.15) is 5.75 Å². The Morgan fingerprint density at radius 2 is 1.57 bits per heavy atom. The van der Waals surface area contributed by atoms with Crippen LogP contribution >= 0.6 is 0 Å². The summed E-state index contributed by atoms with van der Waals surface area (Å²) in [4.78, 5) is 29.2. The number of ether oxygens (including phenoxy) is 4. The first-order valence-corrected chi connectivity index (χ1v) is 16.5. The minimum Gasteiger partial charge on any atom is -0.493 e. The second kappa shape index (κ2) is 14.1. The number of rotatable bonds is 12. The lowest BCUT2D eigenvalue weighted by atomic mass is 10.1. The van der Waals surface area contributed by atoms with E-state index in [0.717, 1.165) is 10.8 Å². The Kier molecular flexibility index (Phi) is 10.2. The van der Waals surface area contributed by atoms with Crippen LogP contribution in [0.4, 0.5) is 26.3 Å². The lowest BCUT2D eigenvalue weighted by Gasteiger charge is -2.16. The summed E-state index contributed by atoms with van der Waals surface area (Å²) < 4.78 is 129. The van der Waals surface area contributed by atoms with Crippen LogP contribution in [0.1, 0.15) is 16.7 Å². The Hall–Kier alpha value is -5.39. The quantitative estimate of drug-likeness (QED) is 0.152. The number of pyridine rings is 1. The molecule has 18 heteroatoms. The zero-order valence-corrected chi connectivity index (χ0v) is 27.8. The van der Waals surface area contributed by atoms with Gasteiger partial charge in [-0.2, -0.15) is 26.3 Å². The van der Waals surface area contributed by atoms with E-state index in [1.807, 2.05) is 4.72 Å². The minimum atomic E-state index is -4.82. The van der Waals surface area contributed by atoms with Gasteiger partial charge in [0.15, 0.2) is 30.5 Å². The molecule has 0 bridgehead atoms. The predicted octanol–water partition coefficient (Wildman–Crippen LogP) is 5.87. The number of alkyl halides is 6. The monoisotopic (exact) mass is 741 g/mol. The Morgan fingerprint density at radius 1 is 0.882 bits per heavy atom. The molecule has 0 fully saturated rings. The van der Waals surface area contributed by atoms with Gasteiger partial charge in [0.2, 0.25) is 15.9 Å². The number of aryl methyl sites for hydroxylation is 1. The Labute approximate surface area is 285 Å². The summed E-state index contributed by atoms with van der Waals surface area (Å²) in [5, 5.41) is -0.867. The number of methoxy groups -OCH3 is 2. The molecule has 0 saturated carbocycles. The number of para-hydroxylation sites is 1. The number of amides is 1. The van der Waals surface area contributed by atoms with Crippen LogP contribution in [-0.2, 0) is 27.0 Å². The standard InChI is InChI=1S/C33H29F6N3O8S/c1-18-12-19(15-51(45,46)41-25(43)13-20-6-4-8-24(47-2)28(20)48-3)9-10-23(18)42-14-22-26(31(42)44)29(49-16-32(34,35)36)21-7-5-11-40-27(21)30(22)50-17-33(37,38)39/h4-12,14,40H,13,15-17H2,1-3H3,(H,41,43). The first-order chi connectivity index (χ1) is 23.9. The van der Waals surface area contributed by atoms with Crippen molar-refractivity contribution in [2.45, 2.75) is 31.5 Å². The molecular weight excluding hydrogens is 712 g/mol. The molecule has 3 aromatic carbocycles. The van der Waals surface area contributed by atoms with Crippen LogP contribution in [0.15, 0.2) is 65.7 Å². The largest absolute Gasteiger partial charge is 0.493 e. The molecule has 0 spiro atoms. The molecule has 5 aromatic rings. The summed E-state index contributed by atoms with van der Waals surface area (Å²) in [5.41, 5.74) is -0.0751. The van der Waals surface area contributed by atoms with Gasteiger partial charge in [0, 0.05) is 23.3 Å². The predicted molar refractivity (Wildman–Crippen MR) is 173 cm³/mol. The lowest BCUT2D eigenvalue weighted by Crippen LogP contribution is -2.32. The second-order valence-electron chi connectivity index (χ2n) is 11.3. The lowest BCUT2D eigenvalue weighted by molar-refractivity contribution is -0.154. The van der Waals surface area contributed by atoms with Gasteiger partial charge in [-0.15, -0.1) is 0 Å². The van der Waals surface area contributed by atoms with Crippen LogP contribution in [-0.4, -0.2) is 63.7 Å². The van der Waals surface area contributed by atoms with Gasteiger partial charge < -0.3 is 23.9 Å². The Bertz CT molecular complexity index is 2280. The first-order valence-electron chi connectivity index (χ1n) is 14.8. The van der Waals surface area contributed by atoms with Crippen LogP contribution in [0.5, 0.6) is 23.0 Å². The second-order valence-corrected chi connectivity index (χ2v) is 13.0. The molecule has 272 valence electrons. The Balaban J connectivity index is 1.50. The summed E-state index contributed by atoms with van der Waals surface area (Å²) in [6.07, 6.45) is -7.54. The molecule has 0 aliphatic rings. The van der Waals surface area contributed by atoms with Crippen molar-refractivity contribution in [3.05, 3.63) is 88.0 Å². The number of hydrogen-bond acceptors (Lipinski definition) is 8. The molecule has 0 aliphatic carbocycles. The highest BCUT2D eigenvalue weighted by molar-refractivity contribution is 7.89. The number of aromatic nitrogens is 2. The van der Waals surface area contributed by atoms with Crippen molar-refractivity contribution in [1.82, 2.24) is 14.3 Å². The maximum Gasteiger partial charge on any atom is 0.422 e. The Morgan fingerprint density at radius 3 is 2.20 bits per heavy atom. The average Bonchev–Trinajstić information content (AvgIpc) is 3.37. The van der Waals surface area contributed by atoms with Crippen molar-refractivity contribution in [2.24, 2.45) is 0 Å². The summed E-state index contributed by atoms with van der Waals surface area (Å²) in [6, 6.07) is 11.5. The maximum absolute atomic E-state index is 13.8. The van der Waals surface area contributed by atoms with E-state index in [-0.39, 0.29) is 39.7 Å². The molecule has 0 saturated heterocycles. The van der Waals surface area contributed by atoms with Crippen LogP contribution in [0.2, 0.25) is 0 Å². The fourth-order valence-corrected chi connectivity index (χ4v) is 6.67. The van der Waals surface area contributed by atoms with Crippen molar-refractivity contribution in [3.63, 3.8) is 0 Å². The van der Waals surface area contributed by atoms with Gasteiger partial charge in [-0.1, -0.05) is 24.3 Å². The van der Waals surface area contributed by atoms with Crippen LogP contribution in [0.3, 0.4) is 0 Å². The summed E-state index contributed by atoms with van der Waals surface area (Å²) in [5.74, 6) is -1.87. The average molecular weight is 742 g/mol. The highest BCUT2D eigenvalue weighted by Gasteiger charge is 2.33. The summed E-state index contributed by atoms with van der Waals surface area (Å²) in [7, 11) is -1.46. The topological polar surface area (TPSA) is 138 Å². The fourth-order valence-electron chi connectivity index (χ4n) is 5.56. The number of carbonyl (C=O) groups is 1. The van der Waals surface area contributed by atoms with Crippen molar-refractivity contribution >= 4 is 37.6 Å². The number of H-pyrrole nitrogens is 1. The molecule has 2 N–H and O–H groups in total. The molecule has 2 heterocycles. The number of nitrogens with zero attached hydrogens (tertiary/aromatic N) is 1. The molecular formula is C33H29F6N3O8S. The van der Waals surface area contributed by atoms with E-state index in [1.54, 1.807) is 18.2 Å². The molecule has 1 amide bonds. The highest BCUT2D eigenvalue weighted by atomic mass is 32.2. The van der Waals surface area contributed by atoms with Crippen molar-refractivity contribution < 1.29 is 58.5 Å². The van der Waals surface area contributed by atoms with Crippen LogP contribution in [0.25, 0.3) is 27.4 Å². The molecule has 51 heavy (non-hydrogen) atoms. The SMILES string of the molecule is COc1cccc(CC(=O)NS(=O)(=O)Cc2ccc(-n3cc4c(OCC(F)(F)F)c5[nH]cccc5c(OCC(F)(F)F)c4c3=O)c(C)c2)c1OC. The highest BCUT2D eigenvalue weighted by Crippen LogP contribution is 2.42. The van der Waals surface area contributed by atoms with Gasteiger partial charge in [-0.3, -0.25) is 18.9 Å². The van der Waals surface area contributed by atoms with E-state index >= 15 is 0 Å². The molecule has 0 radical (unpaired) electrons. The smallest absolute Gasteiger partial charge is 0.422 e. The molecule has 0 atom stereocenters. The van der Waals surface area contributed by atoms with Crippen molar-refractivity contribution in [2.75, 3.05) is 27.4 Å². The minimum absolute atomic E-state index is 0.128. The van der Waals surface area contributed by atoms with E-state index < -0.39 is 69.7 Å². The number of fused-ring (bicyclic) bond motifs is 2. The number of halogens is 6. The van der Waals surface area contributed by atoms with Gasteiger partial charge in [0.05, 0.1) is 48.4 Å². The van der Waals surface area contributed by atoms with Gasteiger partial charge >= 0.3 is 12.4 Å². The molecule has 2 aromatic heterocycles. The number of carbonyl (C=O) groups excluding carboxylic acids is 1. The zero-order chi connectivity index (χ0) is 37.3. The number of hydrogen-bond donors (Lipinski definition) is 2. The molecule has 0 unspecified atom stereocenters. The van der Waals surface area contributed by atoms with Crippen LogP contribution < -0.4 is 29.2 Å². The first kappa shape index (κ1) is 36.9. The third kappa shape index (κ3) is 8.33. The zero-order valence-electron chi connectivity index (χ0n) is 27.0. The number of nitrogens with one attached hydrogen (secondary N) is 2. The van der Waals surface area contributed by atoms with E-state index in [1.165, 1.54) is 57.7 Å². The summed E-state index contributed by atoms with van der Waals surface area (Å²) >= 11 is 0. The van der Waals surface area contributed by atoms with Gasteiger partial charge in [0.25, 0.3) is 5.56 Å². The van der Waals surface area contributed by atoms with Crippen LogP contribution in [0, 0.1) is 6.92 Å². The van der Waals surface area contributed by atoms with E-state index in [9.17, 15) is 44.3 Å². The number of benzene rings is 3. The van der Waals surface area contributed by atoms with E-state index in [2.05, 4.69) is 4.98 Å². The third-order valence-corrected chi connectivity index (χ3v) is 8.75. The number of sulfonamides is 1.